The summed E-state index contributed by atoms with van der Waals surface area (Å²) >= 11 is 5.67. The molecule has 1 fully saturated rings. The normalized spacial score (nSPS) is 16.5. The number of hydrogen-bond acceptors (Lipinski definition) is 3. The minimum Gasteiger partial charge on any atom is -0.348 e. The molecule has 2 heterocycles. The molecule has 0 atom stereocenters. The van der Waals surface area contributed by atoms with Gasteiger partial charge < -0.3 is 10.2 Å². The predicted octanol–water partition coefficient (Wildman–Crippen LogP) is 2.49. The second-order valence-electron chi connectivity index (χ2n) is 5.79. The van der Waals surface area contributed by atoms with Crippen molar-refractivity contribution in [1.29, 1.82) is 0 Å². The molecule has 1 aliphatic rings. The molecule has 0 bridgehead atoms. The van der Waals surface area contributed by atoms with Crippen LogP contribution in [-0.2, 0) is 0 Å². The highest BCUT2D eigenvalue weighted by Crippen LogP contribution is 2.18. The first-order valence-electron chi connectivity index (χ1n) is 7.53. The Labute approximate surface area is 139 Å². The van der Waals surface area contributed by atoms with Gasteiger partial charge in [0.15, 0.2) is 5.69 Å². The molecule has 1 amide bonds. The number of rotatable bonds is 3. The van der Waals surface area contributed by atoms with E-state index in [0.717, 1.165) is 25.9 Å². The first kappa shape index (κ1) is 16.0. The number of nitrogens with one attached hydrogen (secondary N) is 1. The Hall–Kier alpha value is -1.92. The van der Waals surface area contributed by atoms with Gasteiger partial charge in [0, 0.05) is 18.3 Å². The SMILES string of the molecule is CN1CCC(NC(=O)c2ccn(-c3ccc(Cl)c(F)c3)n2)CC1. The zero-order valence-corrected chi connectivity index (χ0v) is 13.6. The van der Waals surface area contributed by atoms with Crippen LogP contribution in [0.2, 0.25) is 5.02 Å². The van der Waals surface area contributed by atoms with Gasteiger partial charge in [0.1, 0.15) is 5.82 Å². The molecule has 122 valence electrons. The van der Waals surface area contributed by atoms with Gasteiger partial charge in [-0.3, -0.25) is 4.79 Å². The molecule has 1 N–H and O–H groups in total. The summed E-state index contributed by atoms with van der Waals surface area (Å²) in [6.07, 6.45) is 3.50. The van der Waals surface area contributed by atoms with E-state index in [1.54, 1.807) is 18.3 Å². The molecular formula is C16H18ClFN4O. The van der Waals surface area contributed by atoms with Gasteiger partial charge in [-0.1, -0.05) is 11.6 Å². The van der Waals surface area contributed by atoms with Crippen LogP contribution in [0.15, 0.2) is 30.5 Å². The quantitative estimate of drug-likeness (QED) is 0.937. The molecular weight excluding hydrogens is 319 g/mol. The van der Waals surface area contributed by atoms with E-state index in [1.165, 1.54) is 16.8 Å². The van der Waals surface area contributed by atoms with Gasteiger partial charge in [-0.05, 0) is 51.2 Å². The highest BCUT2D eigenvalue weighted by atomic mass is 35.5. The molecule has 1 aromatic carbocycles. The summed E-state index contributed by atoms with van der Waals surface area (Å²) < 4.78 is 15.0. The van der Waals surface area contributed by atoms with Crippen LogP contribution in [0.4, 0.5) is 4.39 Å². The van der Waals surface area contributed by atoms with Crippen LogP contribution in [0, 0.1) is 5.82 Å². The molecule has 2 aromatic rings. The van der Waals surface area contributed by atoms with Crippen molar-refractivity contribution in [2.75, 3.05) is 20.1 Å². The van der Waals surface area contributed by atoms with Crippen LogP contribution in [0.3, 0.4) is 0 Å². The highest BCUT2D eigenvalue weighted by molar-refractivity contribution is 6.30. The van der Waals surface area contributed by atoms with E-state index < -0.39 is 5.82 Å². The third-order valence-corrected chi connectivity index (χ3v) is 4.35. The summed E-state index contributed by atoms with van der Waals surface area (Å²) in [6.45, 7) is 1.95. The zero-order valence-electron chi connectivity index (χ0n) is 12.8. The lowest BCUT2D eigenvalue weighted by atomic mass is 10.1. The van der Waals surface area contributed by atoms with E-state index in [1.807, 2.05) is 0 Å². The highest BCUT2D eigenvalue weighted by Gasteiger charge is 2.20. The summed E-state index contributed by atoms with van der Waals surface area (Å²) in [7, 11) is 2.07. The number of benzene rings is 1. The van der Waals surface area contributed by atoms with Crippen molar-refractivity contribution in [1.82, 2.24) is 20.0 Å². The second-order valence-corrected chi connectivity index (χ2v) is 6.20. The number of aromatic nitrogens is 2. The lowest BCUT2D eigenvalue weighted by Crippen LogP contribution is -2.43. The summed E-state index contributed by atoms with van der Waals surface area (Å²) in [4.78, 5) is 14.5. The van der Waals surface area contributed by atoms with Crippen LogP contribution in [-0.4, -0.2) is 46.8 Å². The topological polar surface area (TPSA) is 50.2 Å². The van der Waals surface area contributed by atoms with Crippen LogP contribution in [0.25, 0.3) is 5.69 Å². The number of carbonyl (C=O) groups is 1. The van der Waals surface area contributed by atoms with Gasteiger partial charge >= 0.3 is 0 Å². The fourth-order valence-corrected chi connectivity index (χ4v) is 2.75. The van der Waals surface area contributed by atoms with Crippen molar-refractivity contribution in [3.63, 3.8) is 0 Å². The van der Waals surface area contributed by atoms with Crippen LogP contribution < -0.4 is 5.32 Å². The van der Waals surface area contributed by atoms with Crippen molar-refractivity contribution >= 4 is 17.5 Å². The number of hydrogen-bond donors (Lipinski definition) is 1. The van der Waals surface area contributed by atoms with Crippen LogP contribution >= 0.6 is 11.6 Å². The van der Waals surface area contributed by atoms with Crippen molar-refractivity contribution in [3.8, 4) is 5.69 Å². The lowest BCUT2D eigenvalue weighted by molar-refractivity contribution is 0.0911. The smallest absolute Gasteiger partial charge is 0.272 e. The average molecular weight is 337 g/mol. The van der Waals surface area contributed by atoms with E-state index >= 15 is 0 Å². The van der Waals surface area contributed by atoms with E-state index in [0.29, 0.717) is 11.4 Å². The Kier molecular flexibility index (Phi) is 4.63. The molecule has 0 aliphatic carbocycles. The lowest BCUT2D eigenvalue weighted by Gasteiger charge is -2.29. The molecule has 0 radical (unpaired) electrons. The fourth-order valence-electron chi connectivity index (χ4n) is 2.63. The van der Waals surface area contributed by atoms with E-state index in [9.17, 15) is 9.18 Å². The third kappa shape index (κ3) is 3.71. The van der Waals surface area contributed by atoms with Crippen molar-refractivity contribution in [3.05, 3.63) is 47.0 Å². The van der Waals surface area contributed by atoms with Crippen molar-refractivity contribution in [2.24, 2.45) is 0 Å². The number of amides is 1. The minimum atomic E-state index is -0.517. The maximum Gasteiger partial charge on any atom is 0.272 e. The Morgan fingerprint density at radius 3 is 2.78 bits per heavy atom. The van der Waals surface area contributed by atoms with E-state index in [2.05, 4.69) is 22.4 Å². The molecule has 1 aromatic heterocycles. The van der Waals surface area contributed by atoms with E-state index in [-0.39, 0.29) is 17.0 Å². The Morgan fingerprint density at radius 1 is 1.35 bits per heavy atom. The molecule has 0 saturated carbocycles. The van der Waals surface area contributed by atoms with Gasteiger partial charge in [-0.15, -0.1) is 0 Å². The molecule has 7 heteroatoms. The largest absolute Gasteiger partial charge is 0.348 e. The molecule has 0 unspecified atom stereocenters. The molecule has 3 rings (SSSR count). The maximum atomic E-state index is 13.5. The number of carbonyl (C=O) groups excluding carboxylic acids is 1. The Bertz CT molecular complexity index is 710. The Morgan fingerprint density at radius 2 is 2.09 bits per heavy atom. The summed E-state index contributed by atoms with van der Waals surface area (Å²) in [5.41, 5.74) is 0.838. The summed E-state index contributed by atoms with van der Waals surface area (Å²) in [6, 6.07) is 6.20. The molecule has 5 nitrogen and oxygen atoms in total. The zero-order chi connectivity index (χ0) is 16.4. The van der Waals surface area contributed by atoms with Crippen molar-refractivity contribution in [2.45, 2.75) is 18.9 Å². The van der Waals surface area contributed by atoms with Crippen LogP contribution in [0.1, 0.15) is 23.3 Å². The van der Waals surface area contributed by atoms with Gasteiger partial charge in [-0.2, -0.15) is 5.10 Å². The van der Waals surface area contributed by atoms with Crippen molar-refractivity contribution < 1.29 is 9.18 Å². The predicted molar refractivity (Wildman–Crippen MR) is 86.5 cm³/mol. The Balaban J connectivity index is 1.68. The minimum absolute atomic E-state index is 0.0566. The third-order valence-electron chi connectivity index (χ3n) is 4.04. The number of piperidine rings is 1. The maximum absolute atomic E-state index is 13.5. The van der Waals surface area contributed by atoms with Gasteiger partial charge in [-0.25, -0.2) is 9.07 Å². The number of halogens is 2. The number of likely N-dealkylation sites (tertiary alicyclic amines) is 1. The average Bonchev–Trinajstić information content (AvgIpc) is 3.02. The fraction of sp³-hybridized carbons (Fsp3) is 0.375. The summed E-state index contributed by atoms with van der Waals surface area (Å²) in [5, 5.41) is 7.28. The summed E-state index contributed by atoms with van der Waals surface area (Å²) in [5.74, 6) is -0.718. The first-order valence-corrected chi connectivity index (χ1v) is 7.91. The van der Waals surface area contributed by atoms with Gasteiger partial charge in [0.25, 0.3) is 5.91 Å². The molecule has 1 saturated heterocycles. The first-order chi connectivity index (χ1) is 11.0. The van der Waals surface area contributed by atoms with E-state index in [4.69, 9.17) is 11.6 Å². The molecule has 0 spiro atoms. The second kappa shape index (κ2) is 6.68. The number of nitrogens with zero attached hydrogens (tertiary/aromatic N) is 3. The standard InChI is InChI=1S/C16H18ClFN4O/c1-21-7-4-11(5-8-21)19-16(23)15-6-9-22(20-15)12-2-3-13(17)14(18)10-12/h2-3,6,9-11H,4-5,7-8H2,1H3,(H,19,23). The monoisotopic (exact) mass is 336 g/mol. The van der Waals surface area contributed by atoms with Gasteiger partial charge in [0.2, 0.25) is 0 Å². The van der Waals surface area contributed by atoms with Gasteiger partial charge in [0.05, 0.1) is 10.7 Å². The molecule has 1 aliphatic heterocycles. The molecule has 23 heavy (non-hydrogen) atoms. The van der Waals surface area contributed by atoms with Crippen LogP contribution in [0.5, 0.6) is 0 Å².